The zero-order valence-corrected chi connectivity index (χ0v) is 13.4. The number of nitrogens with two attached hydrogens (primary N) is 1. The number of nitrogens with one attached hydrogen (secondary N) is 1. The van der Waals surface area contributed by atoms with Crippen molar-refractivity contribution in [3.63, 3.8) is 0 Å². The zero-order valence-electron chi connectivity index (χ0n) is 13.4. The minimum Gasteiger partial charge on any atom is -0.491 e. The third-order valence-electron chi connectivity index (χ3n) is 3.80. The van der Waals surface area contributed by atoms with Crippen molar-refractivity contribution < 1.29 is 4.74 Å². The molecule has 0 unspecified atom stereocenters. The third-order valence-corrected chi connectivity index (χ3v) is 3.80. The molecule has 0 spiro atoms. The van der Waals surface area contributed by atoms with E-state index in [1.807, 2.05) is 6.07 Å². The van der Waals surface area contributed by atoms with E-state index >= 15 is 0 Å². The first-order valence-electron chi connectivity index (χ1n) is 8.09. The number of hydrogen-bond acceptors (Lipinski definition) is 4. The van der Waals surface area contributed by atoms with Gasteiger partial charge in [0.2, 0.25) is 0 Å². The van der Waals surface area contributed by atoms with Crippen LogP contribution in [-0.2, 0) is 6.42 Å². The molecule has 1 heterocycles. The van der Waals surface area contributed by atoms with E-state index < -0.39 is 0 Å². The Bertz CT molecular complexity index is 428. The molecule has 1 aromatic rings. The molecule has 0 aliphatic carbocycles. The van der Waals surface area contributed by atoms with E-state index in [-0.39, 0.29) is 0 Å². The van der Waals surface area contributed by atoms with Gasteiger partial charge in [0.1, 0.15) is 5.75 Å². The van der Waals surface area contributed by atoms with Gasteiger partial charge in [-0.25, -0.2) is 0 Å². The molecule has 0 atom stereocenters. The van der Waals surface area contributed by atoms with Gasteiger partial charge in [-0.1, -0.05) is 19.9 Å². The first-order valence-corrected chi connectivity index (χ1v) is 8.09. The summed E-state index contributed by atoms with van der Waals surface area (Å²) in [5, 5.41) is 3.38. The Morgan fingerprint density at radius 3 is 2.71 bits per heavy atom. The molecule has 21 heavy (non-hydrogen) atoms. The molecule has 4 nitrogen and oxygen atoms in total. The zero-order chi connectivity index (χ0) is 15.1. The molecule has 0 amide bonds. The lowest BCUT2D eigenvalue weighted by molar-refractivity contribution is 0.238. The minimum absolute atomic E-state index is 0.517. The molecule has 0 aromatic heterocycles. The largest absolute Gasteiger partial charge is 0.491 e. The van der Waals surface area contributed by atoms with E-state index in [2.05, 4.69) is 36.2 Å². The standard InChI is InChI=1S/C17H29N3O/c1-14(2)13-21-17-6-5-15(12-16(17)18)4-3-9-20-10-7-19-8-11-20/h5-6,12,14,19H,3-4,7-11,13,18H2,1-2H3. The fourth-order valence-corrected chi connectivity index (χ4v) is 2.58. The van der Waals surface area contributed by atoms with Gasteiger partial charge in [-0.05, 0) is 43.0 Å². The van der Waals surface area contributed by atoms with Crippen LogP contribution in [0.3, 0.4) is 0 Å². The Labute approximate surface area is 128 Å². The van der Waals surface area contributed by atoms with Crippen LogP contribution >= 0.6 is 0 Å². The number of rotatable bonds is 7. The fourth-order valence-electron chi connectivity index (χ4n) is 2.58. The molecule has 1 aromatic carbocycles. The van der Waals surface area contributed by atoms with Gasteiger partial charge in [-0.15, -0.1) is 0 Å². The van der Waals surface area contributed by atoms with Crippen LogP contribution in [0, 0.1) is 5.92 Å². The average Bonchev–Trinajstić information content (AvgIpc) is 2.47. The highest BCUT2D eigenvalue weighted by Crippen LogP contribution is 2.23. The Morgan fingerprint density at radius 2 is 2.05 bits per heavy atom. The van der Waals surface area contributed by atoms with Crippen LogP contribution in [0.5, 0.6) is 5.75 Å². The number of hydrogen-bond donors (Lipinski definition) is 2. The lowest BCUT2D eigenvalue weighted by Gasteiger charge is -2.27. The average molecular weight is 291 g/mol. The summed E-state index contributed by atoms with van der Waals surface area (Å²) in [5.41, 5.74) is 8.14. The van der Waals surface area contributed by atoms with Gasteiger partial charge < -0.3 is 20.7 Å². The number of benzene rings is 1. The lowest BCUT2D eigenvalue weighted by Crippen LogP contribution is -2.43. The summed E-state index contributed by atoms with van der Waals surface area (Å²) >= 11 is 0. The summed E-state index contributed by atoms with van der Waals surface area (Å²) in [6, 6.07) is 6.22. The van der Waals surface area contributed by atoms with Crippen LogP contribution in [-0.4, -0.2) is 44.2 Å². The quantitative estimate of drug-likeness (QED) is 0.756. The molecule has 0 radical (unpaired) electrons. The number of nitrogens with zero attached hydrogens (tertiary/aromatic N) is 1. The molecule has 2 rings (SSSR count). The first-order chi connectivity index (χ1) is 10.1. The SMILES string of the molecule is CC(C)COc1ccc(CCCN2CCNCC2)cc1N. The van der Waals surface area contributed by atoms with Gasteiger partial charge in [0.05, 0.1) is 12.3 Å². The maximum atomic E-state index is 6.08. The minimum atomic E-state index is 0.517. The number of aryl methyl sites for hydroxylation is 1. The van der Waals surface area contributed by atoms with Crippen LogP contribution in [0.25, 0.3) is 0 Å². The molecular weight excluding hydrogens is 262 g/mol. The van der Waals surface area contributed by atoms with Gasteiger partial charge in [-0.3, -0.25) is 0 Å². The summed E-state index contributed by atoms with van der Waals surface area (Å²) in [5.74, 6) is 1.33. The highest BCUT2D eigenvalue weighted by atomic mass is 16.5. The smallest absolute Gasteiger partial charge is 0.142 e. The molecule has 1 saturated heterocycles. The van der Waals surface area contributed by atoms with E-state index in [0.29, 0.717) is 12.5 Å². The van der Waals surface area contributed by atoms with Crippen molar-refractivity contribution in [2.24, 2.45) is 5.92 Å². The van der Waals surface area contributed by atoms with Crippen LogP contribution in [0.1, 0.15) is 25.8 Å². The van der Waals surface area contributed by atoms with Gasteiger partial charge in [-0.2, -0.15) is 0 Å². The van der Waals surface area contributed by atoms with E-state index in [1.165, 1.54) is 31.6 Å². The molecule has 1 fully saturated rings. The number of piperazine rings is 1. The summed E-state index contributed by atoms with van der Waals surface area (Å²) in [4.78, 5) is 2.53. The van der Waals surface area contributed by atoms with Crippen LogP contribution in [0.4, 0.5) is 5.69 Å². The fraction of sp³-hybridized carbons (Fsp3) is 0.647. The van der Waals surface area contributed by atoms with Crippen LogP contribution in [0.2, 0.25) is 0 Å². The summed E-state index contributed by atoms with van der Waals surface area (Å²) < 4.78 is 5.71. The van der Waals surface area contributed by atoms with E-state index in [0.717, 1.165) is 30.9 Å². The van der Waals surface area contributed by atoms with Crippen molar-refractivity contribution in [3.8, 4) is 5.75 Å². The second-order valence-corrected chi connectivity index (χ2v) is 6.27. The monoisotopic (exact) mass is 291 g/mol. The Morgan fingerprint density at radius 1 is 1.29 bits per heavy atom. The number of ether oxygens (including phenoxy) is 1. The molecular formula is C17H29N3O. The predicted molar refractivity (Wildman–Crippen MR) is 88.8 cm³/mol. The third kappa shape index (κ3) is 5.56. The summed E-state index contributed by atoms with van der Waals surface area (Å²) in [7, 11) is 0. The molecule has 118 valence electrons. The van der Waals surface area contributed by atoms with Gasteiger partial charge in [0.15, 0.2) is 0 Å². The van der Waals surface area contributed by atoms with Crippen LogP contribution < -0.4 is 15.8 Å². The highest BCUT2D eigenvalue weighted by molar-refractivity contribution is 5.54. The Balaban J connectivity index is 1.76. The number of nitrogen functional groups attached to an aromatic ring is 1. The lowest BCUT2D eigenvalue weighted by atomic mass is 10.1. The molecule has 0 saturated carbocycles. The van der Waals surface area contributed by atoms with Crippen molar-refractivity contribution >= 4 is 5.69 Å². The molecule has 1 aliphatic heterocycles. The van der Waals surface area contributed by atoms with Gasteiger partial charge in [0.25, 0.3) is 0 Å². The maximum Gasteiger partial charge on any atom is 0.142 e. The topological polar surface area (TPSA) is 50.5 Å². The van der Waals surface area contributed by atoms with Crippen molar-refractivity contribution in [3.05, 3.63) is 23.8 Å². The van der Waals surface area contributed by atoms with Crippen molar-refractivity contribution in [2.45, 2.75) is 26.7 Å². The highest BCUT2D eigenvalue weighted by Gasteiger charge is 2.09. The Kier molecular flexibility index (Phi) is 6.33. The van der Waals surface area contributed by atoms with E-state index in [9.17, 15) is 0 Å². The molecule has 0 bridgehead atoms. The number of anilines is 1. The van der Waals surface area contributed by atoms with Crippen LogP contribution in [0.15, 0.2) is 18.2 Å². The molecule has 3 N–H and O–H groups in total. The van der Waals surface area contributed by atoms with E-state index in [4.69, 9.17) is 10.5 Å². The summed E-state index contributed by atoms with van der Waals surface area (Å²) in [6.45, 7) is 10.7. The normalized spacial score (nSPS) is 16.3. The van der Waals surface area contributed by atoms with E-state index in [1.54, 1.807) is 0 Å². The molecule has 4 heteroatoms. The first kappa shape index (κ1) is 16.1. The summed E-state index contributed by atoms with van der Waals surface area (Å²) in [6.07, 6.45) is 2.27. The Hall–Kier alpha value is -1.26. The second-order valence-electron chi connectivity index (χ2n) is 6.27. The molecule has 1 aliphatic rings. The van der Waals surface area contributed by atoms with Crippen molar-refractivity contribution in [1.82, 2.24) is 10.2 Å². The van der Waals surface area contributed by atoms with Gasteiger partial charge >= 0.3 is 0 Å². The van der Waals surface area contributed by atoms with Crippen molar-refractivity contribution in [1.29, 1.82) is 0 Å². The second kappa shape index (κ2) is 8.25. The van der Waals surface area contributed by atoms with Gasteiger partial charge in [0, 0.05) is 26.2 Å². The predicted octanol–water partition coefficient (Wildman–Crippen LogP) is 2.14. The maximum absolute atomic E-state index is 6.08. The van der Waals surface area contributed by atoms with Crippen molar-refractivity contribution in [2.75, 3.05) is 45.1 Å².